The normalized spacial score (nSPS) is 14.0. The molecule has 7 heteroatoms. The van der Waals surface area contributed by atoms with Gasteiger partial charge in [-0.05, 0) is 62.1 Å². The first-order valence-electron chi connectivity index (χ1n) is 9.20. The van der Waals surface area contributed by atoms with Gasteiger partial charge in [0.1, 0.15) is 5.75 Å². The number of amides is 2. The standard InChI is InChI=1S/C21H22Cl2N2O3/c1-25(13-19(26)24-20-17(22)7-4-8-18(20)23)21(27)14-9-11-16(12-10-14)28-15-5-2-3-6-15/h4,7-12,15H,2-3,5-6,13H2,1H3,(H,24,26). The first-order chi connectivity index (χ1) is 13.4. The Morgan fingerprint density at radius 2 is 1.68 bits per heavy atom. The van der Waals surface area contributed by atoms with E-state index in [1.807, 2.05) is 0 Å². The first kappa shape index (κ1) is 20.5. The Balaban J connectivity index is 1.56. The van der Waals surface area contributed by atoms with Crippen molar-refractivity contribution in [2.45, 2.75) is 31.8 Å². The lowest BCUT2D eigenvalue weighted by Gasteiger charge is -2.18. The fourth-order valence-corrected chi connectivity index (χ4v) is 3.67. The maximum absolute atomic E-state index is 12.6. The topological polar surface area (TPSA) is 58.6 Å². The van der Waals surface area contributed by atoms with Crippen LogP contribution in [0.15, 0.2) is 42.5 Å². The minimum Gasteiger partial charge on any atom is -0.490 e. The van der Waals surface area contributed by atoms with Crippen LogP contribution in [-0.4, -0.2) is 36.4 Å². The van der Waals surface area contributed by atoms with E-state index in [1.54, 1.807) is 49.5 Å². The number of likely N-dealkylation sites (N-methyl/N-ethyl adjacent to an activating group) is 1. The van der Waals surface area contributed by atoms with E-state index in [4.69, 9.17) is 27.9 Å². The molecule has 1 saturated carbocycles. The Kier molecular flexibility index (Phi) is 6.81. The van der Waals surface area contributed by atoms with Crippen LogP contribution in [0.2, 0.25) is 10.0 Å². The zero-order chi connectivity index (χ0) is 20.1. The average molecular weight is 421 g/mol. The quantitative estimate of drug-likeness (QED) is 0.712. The third-order valence-corrected chi connectivity index (χ3v) is 5.29. The lowest BCUT2D eigenvalue weighted by molar-refractivity contribution is -0.116. The molecule has 0 aliphatic heterocycles. The van der Waals surface area contributed by atoms with Gasteiger partial charge in [-0.1, -0.05) is 29.3 Å². The SMILES string of the molecule is CN(CC(=O)Nc1c(Cl)cccc1Cl)C(=O)c1ccc(OC2CCCC2)cc1. The van der Waals surface area contributed by atoms with E-state index in [0.717, 1.165) is 18.6 Å². The summed E-state index contributed by atoms with van der Waals surface area (Å²) in [5.74, 6) is 0.122. The van der Waals surface area contributed by atoms with E-state index in [9.17, 15) is 9.59 Å². The van der Waals surface area contributed by atoms with E-state index in [0.29, 0.717) is 21.3 Å². The number of rotatable bonds is 6. The Hall–Kier alpha value is -2.24. The van der Waals surface area contributed by atoms with Gasteiger partial charge in [0.25, 0.3) is 5.91 Å². The second-order valence-electron chi connectivity index (χ2n) is 6.85. The molecule has 28 heavy (non-hydrogen) atoms. The second kappa shape index (κ2) is 9.30. The molecule has 2 aromatic carbocycles. The molecule has 1 N–H and O–H groups in total. The molecule has 0 spiro atoms. The van der Waals surface area contributed by atoms with Crippen molar-refractivity contribution < 1.29 is 14.3 Å². The van der Waals surface area contributed by atoms with Crippen LogP contribution in [0.25, 0.3) is 0 Å². The summed E-state index contributed by atoms with van der Waals surface area (Å²) in [5.41, 5.74) is 0.829. The second-order valence-corrected chi connectivity index (χ2v) is 7.67. The summed E-state index contributed by atoms with van der Waals surface area (Å²) >= 11 is 12.1. The summed E-state index contributed by atoms with van der Waals surface area (Å²) in [7, 11) is 1.57. The van der Waals surface area contributed by atoms with Crippen molar-refractivity contribution in [3.05, 3.63) is 58.1 Å². The van der Waals surface area contributed by atoms with Gasteiger partial charge in [0, 0.05) is 12.6 Å². The first-order valence-corrected chi connectivity index (χ1v) is 9.95. The van der Waals surface area contributed by atoms with Gasteiger partial charge in [-0.15, -0.1) is 0 Å². The lowest BCUT2D eigenvalue weighted by Crippen LogP contribution is -2.35. The summed E-state index contributed by atoms with van der Waals surface area (Å²) in [6, 6.07) is 12.0. The van der Waals surface area contributed by atoms with Crippen molar-refractivity contribution >= 4 is 40.7 Å². The molecule has 2 amide bonds. The molecule has 0 bridgehead atoms. The highest BCUT2D eigenvalue weighted by molar-refractivity contribution is 6.39. The molecule has 0 saturated heterocycles. The number of carbonyl (C=O) groups is 2. The molecule has 3 rings (SSSR count). The number of benzene rings is 2. The molecule has 0 heterocycles. The summed E-state index contributed by atoms with van der Waals surface area (Å²) in [6.07, 6.45) is 4.83. The lowest BCUT2D eigenvalue weighted by atomic mass is 10.2. The molecule has 0 radical (unpaired) electrons. The van der Waals surface area contributed by atoms with E-state index in [2.05, 4.69) is 5.32 Å². The zero-order valence-corrected chi connectivity index (χ0v) is 17.1. The highest BCUT2D eigenvalue weighted by atomic mass is 35.5. The van der Waals surface area contributed by atoms with Crippen LogP contribution in [0.4, 0.5) is 5.69 Å². The van der Waals surface area contributed by atoms with Crippen LogP contribution in [0, 0.1) is 0 Å². The van der Waals surface area contributed by atoms with Crippen molar-refractivity contribution in [3.8, 4) is 5.75 Å². The fraction of sp³-hybridized carbons (Fsp3) is 0.333. The highest BCUT2D eigenvalue weighted by Crippen LogP contribution is 2.29. The molecule has 1 fully saturated rings. The third kappa shape index (κ3) is 5.18. The van der Waals surface area contributed by atoms with Crippen LogP contribution in [-0.2, 0) is 4.79 Å². The van der Waals surface area contributed by atoms with Crippen molar-refractivity contribution in [1.29, 1.82) is 0 Å². The Morgan fingerprint density at radius 1 is 1.07 bits per heavy atom. The van der Waals surface area contributed by atoms with Crippen molar-refractivity contribution in [1.82, 2.24) is 4.90 Å². The van der Waals surface area contributed by atoms with Crippen LogP contribution in [0.5, 0.6) is 5.75 Å². The monoisotopic (exact) mass is 420 g/mol. The van der Waals surface area contributed by atoms with Gasteiger partial charge >= 0.3 is 0 Å². The van der Waals surface area contributed by atoms with Crippen LogP contribution in [0.3, 0.4) is 0 Å². The fourth-order valence-electron chi connectivity index (χ4n) is 3.18. The van der Waals surface area contributed by atoms with E-state index in [1.165, 1.54) is 17.7 Å². The molecule has 1 aliphatic carbocycles. The van der Waals surface area contributed by atoms with E-state index in [-0.39, 0.29) is 24.5 Å². The van der Waals surface area contributed by atoms with Gasteiger partial charge in [0.05, 0.1) is 28.4 Å². The van der Waals surface area contributed by atoms with Gasteiger partial charge in [-0.2, -0.15) is 0 Å². The number of anilines is 1. The molecule has 5 nitrogen and oxygen atoms in total. The average Bonchev–Trinajstić information content (AvgIpc) is 3.18. The van der Waals surface area contributed by atoms with Gasteiger partial charge in [-0.25, -0.2) is 0 Å². The van der Waals surface area contributed by atoms with Crippen LogP contribution < -0.4 is 10.1 Å². The number of halogens is 2. The Labute approximate surface area is 174 Å². The number of hydrogen-bond donors (Lipinski definition) is 1. The number of ether oxygens (including phenoxy) is 1. The molecule has 0 unspecified atom stereocenters. The smallest absolute Gasteiger partial charge is 0.254 e. The molecule has 0 aromatic heterocycles. The summed E-state index contributed by atoms with van der Waals surface area (Å²) < 4.78 is 5.91. The molecular formula is C21H22Cl2N2O3. The van der Waals surface area contributed by atoms with Crippen LogP contribution in [0.1, 0.15) is 36.0 Å². The minimum absolute atomic E-state index is 0.124. The van der Waals surface area contributed by atoms with Gasteiger partial charge in [0.2, 0.25) is 5.91 Å². The van der Waals surface area contributed by atoms with Gasteiger partial charge in [-0.3, -0.25) is 9.59 Å². The molecule has 0 atom stereocenters. The van der Waals surface area contributed by atoms with Crippen molar-refractivity contribution in [2.24, 2.45) is 0 Å². The zero-order valence-electron chi connectivity index (χ0n) is 15.6. The van der Waals surface area contributed by atoms with Gasteiger partial charge in [0.15, 0.2) is 0 Å². The summed E-state index contributed by atoms with van der Waals surface area (Å²) in [6.45, 7) is -0.124. The van der Waals surface area contributed by atoms with Crippen LogP contribution >= 0.6 is 23.2 Å². The van der Waals surface area contributed by atoms with Crippen molar-refractivity contribution in [2.75, 3.05) is 18.9 Å². The molecule has 1 aliphatic rings. The summed E-state index contributed by atoms with van der Waals surface area (Å²) in [5, 5.41) is 3.33. The number of para-hydroxylation sites is 1. The number of nitrogens with zero attached hydrogens (tertiary/aromatic N) is 1. The summed E-state index contributed by atoms with van der Waals surface area (Å²) in [4.78, 5) is 26.2. The van der Waals surface area contributed by atoms with Crippen molar-refractivity contribution in [3.63, 3.8) is 0 Å². The Morgan fingerprint density at radius 3 is 2.29 bits per heavy atom. The molecule has 148 valence electrons. The molecular weight excluding hydrogens is 399 g/mol. The molecule has 2 aromatic rings. The van der Waals surface area contributed by atoms with E-state index >= 15 is 0 Å². The maximum atomic E-state index is 12.6. The number of carbonyl (C=O) groups excluding carboxylic acids is 2. The number of hydrogen-bond acceptors (Lipinski definition) is 3. The Bertz CT molecular complexity index is 829. The highest BCUT2D eigenvalue weighted by Gasteiger charge is 2.18. The maximum Gasteiger partial charge on any atom is 0.254 e. The minimum atomic E-state index is -0.382. The third-order valence-electron chi connectivity index (χ3n) is 4.66. The predicted molar refractivity (Wildman–Crippen MR) is 111 cm³/mol. The predicted octanol–water partition coefficient (Wildman–Crippen LogP) is 5.03. The van der Waals surface area contributed by atoms with Gasteiger partial charge < -0.3 is 15.0 Å². The largest absolute Gasteiger partial charge is 0.490 e. The number of nitrogens with one attached hydrogen (secondary N) is 1. The van der Waals surface area contributed by atoms with E-state index < -0.39 is 0 Å².